The second-order valence-corrected chi connectivity index (χ2v) is 7.12. The molecule has 0 aromatic carbocycles. The Balaban J connectivity index is 1.30. The number of primary amides is 1. The van der Waals surface area contributed by atoms with Crippen LogP contribution in [0.15, 0.2) is 29.0 Å². The molecule has 8 heteroatoms. The minimum absolute atomic E-state index is 0.0279. The van der Waals surface area contributed by atoms with E-state index >= 15 is 0 Å². The van der Waals surface area contributed by atoms with Gasteiger partial charge in [0.1, 0.15) is 23.8 Å². The van der Waals surface area contributed by atoms with E-state index in [-0.39, 0.29) is 17.7 Å². The van der Waals surface area contributed by atoms with E-state index in [4.69, 9.17) is 14.9 Å². The van der Waals surface area contributed by atoms with Crippen LogP contribution in [-0.4, -0.2) is 45.9 Å². The molecule has 4 rings (SSSR count). The molecule has 1 saturated carbocycles. The fourth-order valence-corrected chi connectivity index (χ4v) is 3.22. The molecule has 3 heterocycles. The van der Waals surface area contributed by atoms with E-state index in [1.165, 1.54) is 31.4 Å². The maximum atomic E-state index is 12.6. The Morgan fingerprint density at radius 3 is 2.70 bits per heavy atom. The van der Waals surface area contributed by atoms with Crippen molar-refractivity contribution in [3.63, 3.8) is 0 Å². The van der Waals surface area contributed by atoms with Crippen molar-refractivity contribution in [2.24, 2.45) is 11.7 Å². The number of amides is 2. The maximum absolute atomic E-state index is 12.6. The molecule has 2 aromatic rings. The number of ether oxygens (including phenoxy) is 1. The molecule has 142 valence electrons. The van der Waals surface area contributed by atoms with Crippen LogP contribution in [0.1, 0.15) is 52.6 Å². The van der Waals surface area contributed by atoms with E-state index in [0.29, 0.717) is 49.2 Å². The van der Waals surface area contributed by atoms with Gasteiger partial charge in [0.2, 0.25) is 0 Å². The molecule has 0 bridgehead atoms. The van der Waals surface area contributed by atoms with Gasteiger partial charge in [0.05, 0.1) is 0 Å². The number of hydrogen-bond acceptors (Lipinski definition) is 6. The van der Waals surface area contributed by atoms with Gasteiger partial charge < -0.3 is 19.8 Å². The van der Waals surface area contributed by atoms with Gasteiger partial charge in [-0.1, -0.05) is 0 Å². The number of piperidine rings is 1. The highest BCUT2D eigenvalue weighted by Crippen LogP contribution is 2.32. The van der Waals surface area contributed by atoms with Crippen molar-refractivity contribution >= 4 is 11.8 Å². The number of nitrogens with two attached hydrogens (primary N) is 1. The van der Waals surface area contributed by atoms with Crippen LogP contribution in [0.25, 0.3) is 0 Å². The molecule has 2 N–H and O–H groups in total. The molecule has 1 aliphatic carbocycles. The fraction of sp³-hybridized carbons (Fsp3) is 0.474. The van der Waals surface area contributed by atoms with Crippen LogP contribution in [0.4, 0.5) is 0 Å². The Morgan fingerprint density at radius 1 is 1.22 bits per heavy atom. The van der Waals surface area contributed by atoms with Crippen molar-refractivity contribution in [1.29, 1.82) is 0 Å². The van der Waals surface area contributed by atoms with Crippen LogP contribution in [0.5, 0.6) is 5.75 Å². The predicted molar refractivity (Wildman–Crippen MR) is 95.2 cm³/mol. The van der Waals surface area contributed by atoms with Crippen LogP contribution in [0.3, 0.4) is 0 Å². The van der Waals surface area contributed by atoms with Gasteiger partial charge in [-0.15, -0.1) is 0 Å². The van der Waals surface area contributed by atoms with Gasteiger partial charge in [-0.2, -0.15) is 0 Å². The third-order valence-corrected chi connectivity index (χ3v) is 4.95. The summed E-state index contributed by atoms with van der Waals surface area (Å²) in [6.45, 7) is 1.17. The number of likely N-dealkylation sites (tertiary alicyclic amines) is 1. The smallest absolute Gasteiger partial charge is 0.275 e. The van der Waals surface area contributed by atoms with Gasteiger partial charge in [-0.25, -0.2) is 4.98 Å². The van der Waals surface area contributed by atoms with Gasteiger partial charge in [0.15, 0.2) is 11.6 Å². The molecular formula is C19H22N4O4. The van der Waals surface area contributed by atoms with Crippen molar-refractivity contribution < 1.29 is 18.7 Å². The Kier molecular flexibility index (Phi) is 4.79. The topological polar surface area (TPSA) is 112 Å². The zero-order valence-electron chi connectivity index (χ0n) is 15.0. The quantitative estimate of drug-likeness (QED) is 0.830. The van der Waals surface area contributed by atoms with E-state index in [1.54, 1.807) is 11.0 Å². The van der Waals surface area contributed by atoms with Gasteiger partial charge in [0.25, 0.3) is 11.8 Å². The summed E-state index contributed by atoms with van der Waals surface area (Å²) in [4.78, 5) is 33.8. The number of pyridine rings is 1. The first kappa shape index (κ1) is 17.5. The molecule has 2 aromatic heterocycles. The molecule has 0 spiro atoms. The SMILES string of the molecule is NC(=O)c1cc(OC2CCN(C(=O)c3coc(CC4CC4)n3)CC2)ccn1. The number of aromatic nitrogens is 2. The maximum Gasteiger partial charge on any atom is 0.275 e. The molecule has 1 aliphatic heterocycles. The van der Waals surface area contributed by atoms with Gasteiger partial charge >= 0.3 is 0 Å². The molecule has 2 amide bonds. The predicted octanol–water partition coefficient (Wildman–Crippen LogP) is 1.80. The normalized spacial score (nSPS) is 17.7. The van der Waals surface area contributed by atoms with E-state index in [9.17, 15) is 9.59 Å². The number of rotatable bonds is 6. The summed E-state index contributed by atoms with van der Waals surface area (Å²) in [7, 11) is 0. The third-order valence-electron chi connectivity index (χ3n) is 4.95. The number of carbonyl (C=O) groups is 2. The molecule has 27 heavy (non-hydrogen) atoms. The van der Waals surface area contributed by atoms with Crippen molar-refractivity contribution in [2.45, 2.75) is 38.2 Å². The summed E-state index contributed by atoms with van der Waals surface area (Å²) in [5.74, 6) is 1.20. The lowest BCUT2D eigenvalue weighted by atomic mass is 10.1. The monoisotopic (exact) mass is 370 g/mol. The standard InChI is InChI=1S/C19H22N4O4/c20-18(24)15-10-14(3-6-21-15)27-13-4-7-23(8-5-13)19(25)16-11-26-17(22-16)9-12-1-2-12/h3,6,10-13H,1-2,4-5,7-9H2,(H2,20,24). The van der Waals surface area contributed by atoms with E-state index in [0.717, 1.165) is 6.42 Å². The van der Waals surface area contributed by atoms with Gasteiger partial charge in [0, 0.05) is 44.6 Å². The van der Waals surface area contributed by atoms with Gasteiger partial charge in [-0.3, -0.25) is 14.6 Å². The largest absolute Gasteiger partial charge is 0.490 e. The molecule has 8 nitrogen and oxygen atoms in total. The number of hydrogen-bond donors (Lipinski definition) is 1. The highest BCUT2D eigenvalue weighted by Gasteiger charge is 2.28. The van der Waals surface area contributed by atoms with Crippen LogP contribution in [0, 0.1) is 5.92 Å². The highest BCUT2D eigenvalue weighted by atomic mass is 16.5. The van der Waals surface area contributed by atoms with Crippen molar-refractivity contribution in [2.75, 3.05) is 13.1 Å². The summed E-state index contributed by atoms with van der Waals surface area (Å²) in [6, 6.07) is 3.23. The minimum atomic E-state index is -0.588. The summed E-state index contributed by atoms with van der Waals surface area (Å²) in [5, 5.41) is 0. The van der Waals surface area contributed by atoms with Gasteiger partial charge in [-0.05, 0) is 24.8 Å². The lowest BCUT2D eigenvalue weighted by Crippen LogP contribution is -2.42. The molecule has 0 radical (unpaired) electrons. The number of carbonyl (C=O) groups excluding carboxylic acids is 2. The van der Waals surface area contributed by atoms with Crippen LogP contribution < -0.4 is 10.5 Å². The van der Waals surface area contributed by atoms with E-state index in [1.807, 2.05) is 0 Å². The first-order valence-electron chi connectivity index (χ1n) is 9.24. The van der Waals surface area contributed by atoms with Crippen LogP contribution in [-0.2, 0) is 6.42 Å². The fourth-order valence-electron chi connectivity index (χ4n) is 3.22. The zero-order chi connectivity index (χ0) is 18.8. The second kappa shape index (κ2) is 7.38. The number of oxazole rings is 1. The molecule has 0 atom stereocenters. The number of nitrogens with zero attached hydrogens (tertiary/aromatic N) is 3. The lowest BCUT2D eigenvalue weighted by molar-refractivity contribution is 0.0589. The average Bonchev–Trinajstić information content (AvgIpc) is 3.36. The van der Waals surface area contributed by atoms with E-state index in [2.05, 4.69) is 9.97 Å². The van der Waals surface area contributed by atoms with Crippen LogP contribution >= 0.6 is 0 Å². The Hall–Kier alpha value is -2.90. The molecule has 1 saturated heterocycles. The Bertz CT molecular complexity index is 838. The van der Waals surface area contributed by atoms with Crippen LogP contribution in [0.2, 0.25) is 0 Å². The van der Waals surface area contributed by atoms with Crippen molar-refractivity contribution in [3.05, 3.63) is 41.9 Å². The summed E-state index contributed by atoms with van der Waals surface area (Å²) in [5.41, 5.74) is 5.79. The summed E-state index contributed by atoms with van der Waals surface area (Å²) < 4.78 is 11.3. The second-order valence-electron chi connectivity index (χ2n) is 7.12. The lowest BCUT2D eigenvalue weighted by Gasteiger charge is -2.31. The summed E-state index contributed by atoms with van der Waals surface area (Å²) in [6.07, 6.45) is 7.60. The first-order chi connectivity index (χ1) is 13.1. The minimum Gasteiger partial charge on any atom is -0.490 e. The molecule has 2 aliphatic rings. The Morgan fingerprint density at radius 2 is 2.00 bits per heavy atom. The zero-order valence-corrected chi connectivity index (χ0v) is 15.0. The Labute approximate surface area is 156 Å². The summed E-state index contributed by atoms with van der Waals surface area (Å²) >= 11 is 0. The average molecular weight is 370 g/mol. The molecule has 2 fully saturated rings. The van der Waals surface area contributed by atoms with Crippen molar-refractivity contribution in [3.8, 4) is 5.75 Å². The third kappa shape index (κ3) is 4.27. The first-order valence-corrected chi connectivity index (χ1v) is 9.24. The van der Waals surface area contributed by atoms with Crippen molar-refractivity contribution in [1.82, 2.24) is 14.9 Å². The molecule has 0 unspecified atom stereocenters. The highest BCUT2D eigenvalue weighted by molar-refractivity contribution is 5.92. The van der Waals surface area contributed by atoms with E-state index < -0.39 is 5.91 Å². The molecular weight excluding hydrogens is 348 g/mol.